The normalized spacial score (nSPS) is 18.3. The number of hydrogen-bond donors (Lipinski definition) is 2. The van der Waals surface area contributed by atoms with Gasteiger partial charge in [0.05, 0.1) is 12.5 Å². The smallest absolute Gasteiger partial charge is 0.0641 e. The Morgan fingerprint density at radius 2 is 2.05 bits per heavy atom. The van der Waals surface area contributed by atoms with E-state index in [4.69, 9.17) is 5.26 Å². The summed E-state index contributed by atoms with van der Waals surface area (Å²) in [5, 5.41) is 13.7. The molecule has 0 saturated carbocycles. The van der Waals surface area contributed by atoms with Crippen molar-refractivity contribution in [3.8, 4) is 6.07 Å². The summed E-state index contributed by atoms with van der Waals surface area (Å²) in [4.78, 5) is 5.73. The summed E-state index contributed by atoms with van der Waals surface area (Å²) in [5.74, 6) is 0. The Labute approximate surface area is 113 Å². The fourth-order valence-electron chi connectivity index (χ4n) is 2.89. The van der Waals surface area contributed by atoms with Crippen molar-refractivity contribution in [3.05, 3.63) is 36.0 Å². The number of aromatic nitrogens is 1. The molecule has 0 bridgehead atoms. The molecule has 3 rings (SSSR count). The van der Waals surface area contributed by atoms with E-state index in [1.54, 1.807) is 0 Å². The van der Waals surface area contributed by atoms with Crippen molar-refractivity contribution in [2.75, 3.05) is 26.2 Å². The van der Waals surface area contributed by atoms with Gasteiger partial charge in [0.2, 0.25) is 0 Å². The van der Waals surface area contributed by atoms with E-state index < -0.39 is 0 Å². The van der Waals surface area contributed by atoms with Crippen molar-refractivity contribution >= 4 is 10.9 Å². The minimum Gasteiger partial charge on any atom is -0.361 e. The van der Waals surface area contributed by atoms with Crippen LogP contribution in [0.5, 0.6) is 0 Å². The maximum atomic E-state index is 9.14. The van der Waals surface area contributed by atoms with Crippen LogP contribution in [0.1, 0.15) is 18.0 Å². The maximum absolute atomic E-state index is 9.14. The lowest BCUT2D eigenvalue weighted by Crippen LogP contribution is -2.45. The summed E-state index contributed by atoms with van der Waals surface area (Å²) in [6, 6.07) is 10.8. The van der Waals surface area contributed by atoms with Gasteiger partial charge < -0.3 is 10.3 Å². The standard InChI is InChI=1S/C15H18N4/c16-6-5-15(19-9-7-17-8-10-19)13-11-18-14-4-2-1-3-12(13)14/h1-4,11,15,17-18H,5,7-10H2/t15-/m1/s1. The van der Waals surface area contributed by atoms with Crippen LogP contribution in [0.25, 0.3) is 10.9 Å². The first-order valence-corrected chi connectivity index (χ1v) is 6.78. The predicted molar refractivity (Wildman–Crippen MR) is 75.7 cm³/mol. The van der Waals surface area contributed by atoms with Gasteiger partial charge in [-0.05, 0) is 11.6 Å². The molecule has 4 nitrogen and oxygen atoms in total. The van der Waals surface area contributed by atoms with Crippen LogP contribution in [0.15, 0.2) is 30.5 Å². The van der Waals surface area contributed by atoms with Gasteiger partial charge in [0.25, 0.3) is 0 Å². The number of rotatable bonds is 3. The van der Waals surface area contributed by atoms with Crippen molar-refractivity contribution < 1.29 is 0 Å². The lowest BCUT2D eigenvalue weighted by atomic mass is 10.0. The average molecular weight is 254 g/mol. The van der Waals surface area contributed by atoms with Gasteiger partial charge in [-0.3, -0.25) is 4.90 Å². The van der Waals surface area contributed by atoms with Gasteiger partial charge in [0.1, 0.15) is 0 Å². The molecule has 1 aliphatic heterocycles. The first-order chi connectivity index (χ1) is 9.40. The van der Waals surface area contributed by atoms with E-state index in [-0.39, 0.29) is 6.04 Å². The Hall–Kier alpha value is -1.83. The number of aromatic amines is 1. The van der Waals surface area contributed by atoms with Crippen LogP contribution in [0.3, 0.4) is 0 Å². The highest BCUT2D eigenvalue weighted by Crippen LogP contribution is 2.30. The Morgan fingerprint density at radius 1 is 1.26 bits per heavy atom. The summed E-state index contributed by atoms with van der Waals surface area (Å²) in [7, 11) is 0. The second-order valence-electron chi connectivity index (χ2n) is 4.95. The molecule has 1 aromatic carbocycles. The van der Waals surface area contributed by atoms with E-state index in [9.17, 15) is 0 Å². The highest BCUT2D eigenvalue weighted by Gasteiger charge is 2.24. The van der Waals surface area contributed by atoms with E-state index in [1.165, 1.54) is 10.9 Å². The minimum absolute atomic E-state index is 0.197. The number of nitrogens with zero attached hydrogens (tertiary/aromatic N) is 2. The van der Waals surface area contributed by atoms with Gasteiger partial charge in [-0.2, -0.15) is 5.26 Å². The summed E-state index contributed by atoms with van der Waals surface area (Å²) < 4.78 is 0. The molecule has 2 N–H and O–H groups in total. The highest BCUT2D eigenvalue weighted by molar-refractivity contribution is 5.83. The van der Waals surface area contributed by atoms with Gasteiger partial charge in [-0.25, -0.2) is 0 Å². The summed E-state index contributed by atoms with van der Waals surface area (Å²) in [5.41, 5.74) is 2.40. The topological polar surface area (TPSA) is 54.9 Å². The predicted octanol–water partition coefficient (Wildman–Crippen LogP) is 2.03. The lowest BCUT2D eigenvalue weighted by Gasteiger charge is -2.33. The van der Waals surface area contributed by atoms with Crippen molar-refractivity contribution in [2.24, 2.45) is 0 Å². The molecule has 2 heterocycles. The average Bonchev–Trinajstić information content (AvgIpc) is 2.89. The largest absolute Gasteiger partial charge is 0.361 e. The minimum atomic E-state index is 0.197. The van der Waals surface area contributed by atoms with Crippen LogP contribution in [0, 0.1) is 11.3 Å². The molecule has 1 aliphatic rings. The van der Waals surface area contributed by atoms with Gasteiger partial charge in [-0.15, -0.1) is 0 Å². The zero-order valence-electron chi connectivity index (χ0n) is 10.9. The molecule has 0 unspecified atom stereocenters. The first-order valence-electron chi connectivity index (χ1n) is 6.78. The molecule has 1 saturated heterocycles. The van der Waals surface area contributed by atoms with E-state index in [0.717, 1.165) is 31.7 Å². The maximum Gasteiger partial charge on any atom is 0.0641 e. The van der Waals surface area contributed by atoms with Crippen LogP contribution in [0.2, 0.25) is 0 Å². The SMILES string of the molecule is N#CC[C@H](c1c[nH]c2ccccc12)N1CCNCC1. The third-order valence-electron chi connectivity index (χ3n) is 3.86. The molecular formula is C15H18N4. The molecule has 1 fully saturated rings. The fraction of sp³-hybridized carbons (Fsp3) is 0.400. The molecular weight excluding hydrogens is 236 g/mol. The van der Waals surface area contributed by atoms with Gasteiger partial charge in [0.15, 0.2) is 0 Å². The van der Waals surface area contributed by atoms with E-state index >= 15 is 0 Å². The molecule has 4 heteroatoms. The van der Waals surface area contributed by atoms with Gasteiger partial charge in [-0.1, -0.05) is 18.2 Å². The van der Waals surface area contributed by atoms with Crippen molar-refractivity contribution in [3.63, 3.8) is 0 Å². The van der Waals surface area contributed by atoms with Crippen molar-refractivity contribution in [1.82, 2.24) is 15.2 Å². The van der Waals surface area contributed by atoms with E-state index in [1.807, 2.05) is 6.07 Å². The Balaban J connectivity index is 1.97. The number of para-hydroxylation sites is 1. The summed E-state index contributed by atoms with van der Waals surface area (Å²) in [6.07, 6.45) is 2.61. The number of hydrogen-bond acceptors (Lipinski definition) is 3. The number of H-pyrrole nitrogens is 1. The number of piperazine rings is 1. The quantitative estimate of drug-likeness (QED) is 0.881. The van der Waals surface area contributed by atoms with E-state index in [0.29, 0.717) is 6.42 Å². The second kappa shape index (κ2) is 5.43. The molecule has 2 aromatic rings. The van der Waals surface area contributed by atoms with Crippen molar-refractivity contribution in [2.45, 2.75) is 12.5 Å². The van der Waals surface area contributed by atoms with Crippen molar-refractivity contribution in [1.29, 1.82) is 5.26 Å². The molecule has 1 atom stereocenters. The van der Waals surface area contributed by atoms with Crippen LogP contribution >= 0.6 is 0 Å². The van der Waals surface area contributed by atoms with Gasteiger partial charge >= 0.3 is 0 Å². The number of benzene rings is 1. The Bertz CT molecular complexity index is 589. The number of nitriles is 1. The lowest BCUT2D eigenvalue weighted by molar-refractivity contribution is 0.176. The fourth-order valence-corrected chi connectivity index (χ4v) is 2.89. The zero-order chi connectivity index (χ0) is 13.1. The van der Waals surface area contributed by atoms with Crippen LogP contribution in [0.4, 0.5) is 0 Å². The van der Waals surface area contributed by atoms with E-state index in [2.05, 4.69) is 45.7 Å². The molecule has 0 amide bonds. The third kappa shape index (κ3) is 2.35. The molecule has 98 valence electrons. The first kappa shape index (κ1) is 12.2. The molecule has 0 aliphatic carbocycles. The summed E-state index contributed by atoms with van der Waals surface area (Å²) >= 11 is 0. The number of fused-ring (bicyclic) bond motifs is 1. The molecule has 0 spiro atoms. The van der Waals surface area contributed by atoms with Crippen LogP contribution in [-0.4, -0.2) is 36.1 Å². The zero-order valence-corrected chi connectivity index (χ0v) is 10.9. The van der Waals surface area contributed by atoms with Crippen LogP contribution < -0.4 is 5.32 Å². The number of nitrogens with one attached hydrogen (secondary N) is 2. The molecule has 1 aromatic heterocycles. The molecule has 19 heavy (non-hydrogen) atoms. The van der Waals surface area contributed by atoms with Gasteiger partial charge in [0, 0.05) is 49.3 Å². The third-order valence-corrected chi connectivity index (χ3v) is 3.86. The molecule has 0 radical (unpaired) electrons. The summed E-state index contributed by atoms with van der Waals surface area (Å²) in [6.45, 7) is 4.02. The second-order valence-corrected chi connectivity index (χ2v) is 4.95. The van der Waals surface area contributed by atoms with Crippen LogP contribution in [-0.2, 0) is 0 Å². The Morgan fingerprint density at radius 3 is 2.84 bits per heavy atom. The Kier molecular flexibility index (Phi) is 3.49. The highest BCUT2D eigenvalue weighted by atomic mass is 15.2. The monoisotopic (exact) mass is 254 g/mol.